The molecule has 1 atom stereocenters. The molecule has 0 aromatic rings. The van der Waals surface area contributed by atoms with Gasteiger partial charge in [-0.3, -0.25) is 0 Å². The molecule has 1 nitrogen and oxygen atoms in total. The highest BCUT2D eigenvalue weighted by atomic mass is 35.5. The number of rotatable bonds is 4. The number of halogens is 2. The summed E-state index contributed by atoms with van der Waals surface area (Å²) < 4.78 is 11.2. The maximum atomic E-state index is 11.2. The van der Waals surface area contributed by atoms with E-state index in [1.165, 1.54) is 0 Å². The maximum Gasteiger partial charge on any atom is 0.130 e. The summed E-state index contributed by atoms with van der Waals surface area (Å²) in [7, 11) is 0. The predicted octanol–water partition coefficient (Wildman–Crippen LogP) is 2.85. The average molecular weight is 215 g/mol. The summed E-state index contributed by atoms with van der Waals surface area (Å²) >= 11 is 10.0. The molecule has 11 heavy (non-hydrogen) atoms. The van der Waals surface area contributed by atoms with Gasteiger partial charge in [-0.1, -0.05) is 6.92 Å². The Balaban J connectivity index is 3.89. The van der Waals surface area contributed by atoms with Gasteiger partial charge in [0.25, 0.3) is 0 Å². The van der Waals surface area contributed by atoms with Crippen molar-refractivity contribution in [2.24, 2.45) is 0 Å². The molecule has 0 rings (SSSR count). The second kappa shape index (κ2) is 6.18. The number of allylic oxidation sites excluding steroid dienone is 2. The smallest absolute Gasteiger partial charge is 0.130 e. The van der Waals surface area contributed by atoms with Crippen molar-refractivity contribution >= 4 is 34.4 Å². The molecular weight excluding hydrogens is 203 g/mol. The van der Waals surface area contributed by atoms with Gasteiger partial charge >= 0.3 is 0 Å². The summed E-state index contributed by atoms with van der Waals surface area (Å²) in [6.45, 7) is 3.77. The second-order valence-electron chi connectivity index (χ2n) is 2.16. The lowest BCUT2D eigenvalue weighted by Crippen LogP contribution is -2.07. The molecule has 0 saturated carbocycles. The highest BCUT2D eigenvalue weighted by molar-refractivity contribution is 7.95. The van der Waals surface area contributed by atoms with Crippen molar-refractivity contribution in [3.63, 3.8) is 0 Å². The van der Waals surface area contributed by atoms with Crippen LogP contribution in [-0.4, -0.2) is 15.1 Å². The molecule has 0 spiro atoms. The molecule has 0 aliphatic carbocycles. The molecule has 0 heterocycles. The van der Waals surface area contributed by atoms with Gasteiger partial charge in [0.1, 0.15) is 15.5 Å². The molecule has 0 aromatic carbocycles. The monoisotopic (exact) mass is 214 g/mol. The highest BCUT2D eigenvalue weighted by Crippen LogP contribution is 2.13. The van der Waals surface area contributed by atoms with Crippen molar-refractivity contribution < 1.29 is 4.55 Å². The first kappa shape index (κ1) is 11.6. The minimum atomic E-state index is -0.893. The van der Waals surface area contributed by atoms with Gasteiger partial charge in [-0.25, -0.2) is 0 Å². The number of alkyl halides is 2. The number of hydrogen-bond donors (Lipinski definition) is 0. The van der Waals surface area contributed by atoms with E-state index >= 15 is 0 Å². The van der Waals surface area contributed by atoms with Crippen LogP contribution in [0.15, 0.2) is 11.0 Å². The van der Waals surface area contributed by atoms with Crippen LogP contribution in [0.3, 0.4) is 0 Å². The van der Waals surface area contributed by atoms with Crippen LogP contribution < -0.4 is 0 Å². The molecule has 0 N–H and O–H groups in total. The quantitative estimate of drug-likeness (QED) is 0.522. The van der Waals surface area contributed by atoms with Gasteiger partial charge in [0.15, 0.2) is 0 Å². The summed E-state index contributed by atoms with van der Waals surface area (Å²) in [5.74, 6) is 0.683. The molecule has 0 aromatic heterocycles. The molecule has 0 fully saturated rings. The Hall–Kier alpha value is 0.630. The van der Waals surface area contributed by atoms with E-state index in [0.717, 1.165) is 11.3 Å². The molecule has 0 radical (unpaired) electrons. The molecule has 4 heteroatoms. The third kappa shape index (κ3) is 5.85. The van der Waals surface area contributed by atoms with Crippen LogP contribution in [0.5, 0.6) is 0 Å². The Kier molecular flexibility index (Phi) is 6.53. The number of hydrogen-bond acceptors (Lipinski definition) is 1. The Bertz CT molecular complexity index is 136. The first-order valence-corrected chi connectivity index (χ1v) is 5.62. The van der Waals surface area contributed by atoms with Crippen molar-refractivity contribution in [1.29, 1.82) is 0 Å². The van der Waals surface area contributed by atoms with Crippen molar-refractivity contribution in [2.75, 3.05) is 5.75 Å². The van der Waals surface area contributed by atoms with E-state index in [1.807, 2.05) is 6.92 Å². The normalized spacial score (nSPS) is 15.6. The van der Waals surface area contributed by atoms with Gasteiger partial charge in [-0.2, -0.15) is 0 Å². The molecule has 0 aliphatic heterocycles. The van der Waals surface area contributed by atoms with Crippen LogP contribution in [0, 0.1) is 0 Å². The van der Waals surface area contributed by atoms with E-state index in [0.29, 0.717) is 5.75 Å². The van der Waals surface area contributed by atoms with E-state index in [2.05, 4.69) is 0 Å². The first-order chi connectivity index (χ1) is 5.07. The van der Waals surface area contributed by atoms with Crippen LogP contribution in [0.4, 0.5) is 0 Å². The fourth-order valence-electron chi connectivity index (χ4n) is 0.600. The van der Waals surface area contributed by atoms with Gasteiger partial charge in [0.05, 0.1) is 0 Å². The fourth-order valence-corrected chi connectivity index (χ4v) is 2.11. The summed E-state index contributed by atoms with van der Waals surface area (Å²) in [4.78, 5) is 0.220. The third-order valence-corrected chi connectivity index (χ3v) is 2.99. The molecule has 0 aliphatic rings. The largest absolute Gasteiger partial charge is 0.612 e. The SMILES string of the molecule is CCC[S+]([O-])C(C)=CC(Cl)Cl. The summed E-state index contributed by atoms with van der Waals surface area (Å²) in [5, 5.41) is 0. The van der Waals surface area contributed by atoms with Crippen molar-refractivity contribution in [2.45, 2.75) is 25.1 Å². The second-order valence-corrected chi connectivity index (χ2v) is 5.07. The van der Waals surface area contributed by atoms with Crippen LogP contribution >= 0.6 is 23.2 Å². The molecular formula is C7H12Cl2OS. The molecule has 0 bridgehead atoms. The maximum absolute atomic E-state index is 11.2. The molecule has 0 amide bonds. The lowest BCUT2D eigenvalue weighted by Gasteiger charge is -2.09. The Morgan fingerprint density at radius 1 is 1.64 bits per heavy atom. The minimum absolute atomic E-state index is 0.546. The lowest BCUT2D eigenvalue weighted by molar-refractivity contribution is 0.599. The Morgan fingerprint density at radius 3 is 2.55 bits per heavy atom. The van der Waals surface area contributed by atoms with Gasteiger partial charge in [0, 0.05) is 6.92 Å². The summed E-state index contributed by atoms with van der Waals surface area (Å²) in [6, 6.07) is 0. The molecule has 0 saturated heterocycles. The fraction of sp³-hybridized carbons (Fsp3) is 0.714. The van der Waals surface area contributed by atoms with Crippen molar-refractivity contribution in [3.8, 4) is 0 Å². The Labute approximate surface area is 80.9 Å². The van der Waals surface area contributed by atoms with Gasteiger partial charge in [-0.05, 0) is 23.7 Å². The molecule has 1 unspecified atom stereocenters. The topological polar surface area (TPSA) is 23.1 Å². The predicted molar refractivity (Wildman–Crippen MR) is 52.6 cm³/mol. The van der Waals surface area contributed by atoms with Gasteiger partial charge in [0.2, 0.25) is 0 Å². The van der Waals surface area contributed by atoms with Crippen LogP contribution in [0.1, 0.15) is 20.3 Å². The van der Waals surface area contributed by atoms with Crippen LogP contribution in [0.25, 0.3) is 0 Å². The van der Waals surface area contributed by atoms with E-state index in [1.54, 1.807) is 13.0 Å². The third-order valence-electron chi connectivity index (χ3n) is 1.11. The standard InChI is InChI=1S/C7H12Cl2OS/c1-3-4-11(10)6(2)5-7(8)9/h5,7H,3-4H2,1-2H3. The Morgan fingerprint density at radius 2 is 2.18 bits per heavy atom. The highest BCUT2D eigenvalue weighted by Gasteiger charge is 2.08. The minimum Gasteiger partial charge on any atom is -0.612 e. The van der Waals surface area contributed by atoms with E-state index in [-0.39, 0.29) is 0 Å². The van der Waals surface area contributed by atoms with Gasteiger partial charge in [-0.15, -0.1) is 23.2 Å². The van der Waals surface area contributed by atoms with Crippen LogP contribution in [-0.2, 0) is 11.2 Å². The van der Waals surface area contributed by atoms with Crippen LogP contribution in [0.2, 0.25) is 0 Å². The zero-order valence-corrected chi connectivity index (χ0v) is 8.97. The van der Waals surface area contributed by atoms with E-state index in [9.17, 15) is 4.55 Å². The molecule has 66 valence electrons. The van der Waals surface area contributed by atoms with Crippen molar-refractivity contribution in [3.05, 3.63) is 11.0 Å². The lowest BCUT2D eigenvalue weighted by atomic mass is 10.6. The zero-order valence-electron chi connectivity index (χ0n) is 6.64. The summed E-state index contributed by atoms with van der Waals surface area (Å²) in [6.07, 6.45) is 2.52. The van der Waals surface area contributed by atoms with Crippen molar-refractivity contribution in [1.82, 2.24) is 0 Å². The van der Waals surface area contributed by atoms with E-state index < -0.39 is 16.0 Å². The van der Waals surface area contributed by atoms with E-state index in [4.69, 9.17) is 23.2 Å². The average Bonchev–Trinajstić information content (AvgIpc) is 1.86. The van der Waals surface area contributed by atoms with Gasteiger partial charge < -0.3 is 4.55 Å². The first-order valence-electron chi connectivity index (χ1n) is 3.43. The zero-order chi connectivity index (χ0) is 8.85. The summed E-state index contributed by atoms with van der Waals surface area (Å²) in [5.41, 5.74) is 0.